The van der Waals surface area contributed by atoms with Crippen molar-refractivity contribution in [1.82, 2.24) is 4.31 Å². The van der Waals surface area contributed by atoms with Crippen LogP contribution in [0.5, 0.6) is 11.5 Å². The van der Waals surface area contributed by atoms with Gasteiger partial charge in [-0.15, -0.1) is 0 Å². The molecule has 1 amide bonds. The van der Waals surface area contributed by atoms with Crippen LogP contribution in [0, 0.1) is 0 Å². The van der Waals surface area contributed by atoms with Crippen LogP contribution in [0.2, 0.25) is 0 Å². The average Bonchev–Trinajstić information content (AvgIpc) is 2.80. The van der Waals surface area contributed by atoms with Gasteiger partial charge in [-0.05, 0) is 42.0 Å². The lowest BCUT2D eigenvalue weighted by Gasteiger charge is -2.22. The van der Waals surface area contributed by atoms with Gasteiger partial charge in [-0.1, -0.05) is 46.3 Å². The van der Waals surface area contributed by atoms with E-state index in [1.54, 1.807) is 48.5 Å². The first-order valence-corrected chi connectivity index (χ1v) is 11.9. The van der Waals surface area contributed by atoms with Crippen LogP contribution in [0.3, 0.4) is 0 Å². The Bertz CT molecular complexity index is 1170. The molecule has 0 bridgehead atoms. The van der Waals surface area contributed by atoms with Crippen molar-refractivity contribution >= 4 is 37.5 Å². The lowest BCUT2D eigenvalue weighted by atomic mass is 10.2. The second-order valence-electron chi connectivity index (χ2n) is 6.83. The lowest BCUT2D eigenvalue weighted by Crippen LogP contribution is -2.37. The monoisotopic (exact) mass is 518 g/mol. The van der Waals surface area contributed by atoms with Crippen molar-refractivity contribution in [1.29, 1.82) is 0 Å². The summed E-state index contributed by atoms with van der Waals surface area (Å²) >= 11 is 3.37. The molecule has 0 aliphatic rings. The molecule has 0 saturated heterocycles. The number of ether oxygens (including phenoxy) is 2. The third kappa shape index (κ3) is 5.87. The number of amides is 1. The molecule has 0 aromatic heterocycles. The van der Waals surface area contributed by atoms with Crippen molar-refractivity contribution in [2.75, 3.05) is 26.1 Å². The minimum atomic E-state index is -3.92. The van der Waals surface area contributed by atoms with E-state index in [4.69, 9.17) is 9.47 Å². The molecular weight excluding hydrogens is 496 g/mol. The van der Waals surface area contributed by atoms with E-state index in [-0.39, 0.29) is 18.0 Å². The van der Waals surface area contributed by atoms with E-state index in [0.29, 0.717) is 17.2 Å². The van der Waals surface area contributed by atoms with E-state index in [2.05, 4.69) is 21.2 Å². The lowest BCUT2D eigenvalue weighted by molar-refractivity contribution is -0.116. The fourth-order valence-corrected chi connectivity index (χ4v) is 4.69. The van der Waals surface area contributed by atoms with Gasteiger partial charge in [-0.2, -0.15) is 4.31 Å². The summed E-state index contributed by atoms with van der Waals surface area (Å²) in [4.78, 5) is 13.0. The highest BCUT2D eigenvalue weighted by atomic mass is 79.9. The Morgan fingerprint density at radius 3 is 2.28 bits per heavy atom. The zero-order chi connectivity index (χ0) is 23.1. The molecule has 0 radical (unpaired) electrons. The Balaban J connectivity index is 1.88. The molecular formula is C23H23BrN2O5S. The Hall–Kier alpha value is -2.88. The number of hydrogen-bond donors (Lipinski definition) is 1. The van der Waals surface area contributed by atoms with Gasteiger partial charge >= 0.3 is 0 Å². The first kappa shape index (κ1) is 23.8. The highest BCUT2D eigenvalue weighted by Crippen LogP contribution is 2.29. The van der Waals surface area contributed by atoms with Gasteiger partial charge in [0.2, 0.25) is 15.9 Å². The number of halogens is 1. The summed E-state index contributed by atoms with van der Waals surface area (Å²) in [7, 11) is -0.923. The van der Waals surface area contributed by atoms with Crippen LogP contribution in [0.15, 0.2) is 82.2 Å². The predicted octanol–water partition coefficient (Wildman–Crippen LogP) is 4.30. The molecule has 3 rings (SSSR count). The maximum Gasteiger partial charge on any atom is 0.243 e. The van der Waals surface area contributed by atoms with E-state index in [1.807, 2.05) is 12.1 Å². The summed E-state index contributed by atoms with van der Waals surface area (Å²) in [5, 5.41) is 2.73. The molecule has 0 heterocycles. The van der Waals surface area contributed by atoms with E-state index in [1.165, 1.54) is 26.4 Å². The topological polar surface area (TPSA) is 84.9 Å². The second kappa shape index (κ2) is 10.6. The standard InChI is InChI=1S/C23H23BrN2O5S/c1-30-19-12-13-22(31-2)21(14-19)25-23(27)16-26(15-17-8-10-18(24)11-9-17)32(28,29)20-6-4-3-5-7-20/h3-14H,15-16H2,1-2H3,(H,25,27). The zero-order valence-corrected chi connectivity index (χ0v) is 20.0. The normalized spacial score (nSPS) is 11.2. The number of nitrogens with zero attached hydrogens (tertiary/aromatic N) is 1. The minimum Gasteiger partial charge on any atom is -0.497 e. The predicted molar refractivity (Wildman–Crippen MR) is 126 cm³/mol. The van der Waals surface area contributed by atoms with Crippen molar-refractivity contribution < 1.29 is 22.7 Å². The number of methoxy groups -OCH3 is 2. The number of sulfonamides is 1. The van der Waals surface area contributed by atoms with Crippen LogP contribution < -0.4 is 14.8 Å². The molecule has 32 heavy (non-hydrogen) atoms. The zero-order valence-electron chi connectivity index (χ0n) is 17.6. The van der Waals surface area contributed by atoms with Gasteiger partial charge < -0.3 is 14.8 Å². The van der Waals surface area contributed by atoms with E-state index >= 15 is 0 Å². The van der Waals surface area contributed by atoms with Crippen LogP contribution >= 0.6 is 15.9 Å². The van der Waals surface area contributed by atoms with Crippen molar-refractivity contribution in [2.24, 2.45) is 0 Å². The van der Waals surface area contributed by atoms with Crippen LogP contribution in [0.1, 0.15) is 5.56 Å². The Labute approximate surface area is 196 Å². The van der Waals surface area contributed by atoms with Gasteiger partial charge in [0.1, 0.15) is 11.5 Å². The smallest absolute Gasteiger partial charge is 0.243 e. The van der Waals surface area contributed by atoms with Crippen molar-refractivity contribution in [2.45, 2.75) is 11.4 Å². The maximum atomic E-state index is 13.3. The summed E-state index contributed by atoms with van der Waals surface area (Å²) in [5.74, 6) is 0.461. The Morgan fingerprint density at radius 1 is 0.969 bits per heavy atom. The van der Waals surface area contributed by atoms with E-state index < -0.39 is 15.9 Å². The number of hydrogen-bond acceptors (Lipinski definition) is 5. The molecule has 0 aliphatic carbocycles. The summed E-state index contributed by atoms with van der Waals surface area (Å²) in [5.41, 5.74) is 1.14. The number of carbonyl (C=O) groups excluding carboxylic acids is 1. The van der Waals surface area contributed by atoms with Crippen LogP contribution in [-0.4, -0.2) is 39.4 Å². The Morgan fingerprint density at radius 2 is 1.66 bits per heavy atom. The summed E-state index contributed by atoms with van der Waals surface area (Å²) in [6.07, 6.45) is 0. The highest BCUT2D eigenvalue weighted by Gasteiger charge is 2.27. The molecule has 0 saturated carbocycles. The summed E-state index contributed by atoms with van der Waals surface area (Å²) in [6, 6.07) is 20.3. The fourth-order valence-electron chi connectivity index (χ4n) is 3.02. The quantitative estimate of drug-likeness (QED) is 0.456. The van der Waals surface area contributed by atoms with Crippen LogP contribution in [-0.2, 0) is 21.4 Å². The largest absolute Gasteiger partial charge is 0.497 e. The number of benzene rings is 3. The number of rotatable bonds is 9. The van der Waals surface area contributed by atoms with E-state index in [0.717, 1.165) is 14.3 Å². The van der Waals surface area contributed by atoms with Gasteiger partial charge in [-0.3, -0.25) is 4.79 Å². The summed E-state index contributed by atoms with van der Waals surface area (Å²) < 4.78 is 39.1. The molecule has 3 aromatic rings. The van der Waals surface area contributed by atoms with Gasteiger partial charge in [0.05, 0.1) is 31.3 Å². The molecule has 0 fully saturated rings. The van der Waals surface area contributed by atoms with Gasteiger partial charge in [0.25, 0.3) is 0 Å². The average molecular weight is 519 g/mol. The van der Waals surface area contributed by atoms with Crippen LogP contribution in [0.4, 0.5) is 5.69 Å². The van der Waals surface area contributed by atoms with Crippen LogP contribution in [0.25, 0.3) is 0 Å². The maximum absolute atomic E-state index is 13.3. The molecule has 168 valence electrons. The molecule has 0 atom stereocenters. The SMILES string of the molecule is COc1ccc(OC)c(NC(=O)CN(Cc2ccc(Br)cc2)S(=O)(=O)c2ccccc2)c1. The number of nitrogens with one attached hydrogen (secondary N) is 1. The fraction of sp³-hybridized carbons (Fsp3) is 0.174. The second-order valence-corrected chi connectivity index (χ2v) is 9.68. The van der Waals surface area contributed by atoms with Gasteiger partial charge in [0, 0.05) is 17.1 Å². The van der Waals surface area contributed by atoms with Crippen molar-refractivity contribution in [3.63, 3.8) is 0 Å². The van der Waals surface area contributed by atoms with Crippen molar-refractivity contribution in [3.8, 4) is 11.5 Å². The third-order valence-electron chi connectivity index (χ3n) is 4.65. The highest BCUT2D eigenvalue weighted by molar-refractivity contribution is 9.10. The molecule has 0 aliphatic heterocycles. The molecule has 0 spiro atoms. The molecule has 9 heteroatoms. The molecule has 1 N–H and O–H groups in total. The van der Waals surface area contributed by atoms with Gasteiger partial charge in [-0.25, -0.2) is 8.42 Å². The molecule has 7 nitrogen and oxygen atoms in total. The molecule has 3 aromatic carbocycles. The van der Waals surface area contributed by atoms with Gasteiger partial charge in [0.15, 0.2) is 0 Å². The number of carbonyl (C=O) groups is 1. The number of anilines is 1. The molecule has 0 unspecified atom stereocenters. The summed E-state index contributed by atoms with van der Waals surface area (Å²) in [6.45, 7) is -0.346. The first-order chi connectivity index (χ1) is 15.3. The van der Waals surface area contributed by atoms with Crippen molar-refractivity contribution in [3.05, 3.63) is 82.8 Å². The minimum absolute atomic E-state index is 0.0349. The first-order valence-electron chi connectivity index (χ1n) is 9.65. The van der Waals surface area contributed by atoms with E-state index in [9.17, 15) is 13.2 Å². The Kier molecular flexibility index (Phi) is 7.89. The third-order valence-corrected chi connectivity index (χ3v) is 6.99.